The van der Waals surface area contributed by atoms with E-state index in [0.717, 1.165) is 28.1 Å². The van der Waals surface area contributed by atoms with Gasteiger partial charge in [-0.3, -0.25) is 9.59 Å². The van der Waals surface area contributed by atoms with E-state index in [1.54, 1.807) is 31.2 Å². The summed E-state index contributed by atoms with van der Waals surface area (Å²) < 4.78 is 5.74. The number of nitrogens with one attached hydrogen (secondary N) is 2. The zero-order chi connectivity index (χ0) is 21.7. The Morgan fingerprint density at radius 2 is 1.43 bits per heavy atom. The number of benzene rings is 3. The Balaban J connectivity index is 1.59. The van der Waals surface area contributed by atoms with Crippen molar-refractivity contribution in [1.82, 2.24) is 0 Å². The van der Waals surface area contributed by atoms with Gasteiger partial charge in [0.05, 0.1) is 0 Å². The van der Waals surface area contributed by atoms with Crippen LogP contribution in [0, 0.1) is 20.8 Å². The maximum absolute atomic E-state index is 12.5. The zero-order valence-corrected chi connectivity index (χ0v) is 17.7. The molecule has 3 aromatic rings. The lowest BCUT2D eigenvalue weighted by molar-refractivity contribution is -0.122. The molecule has 3 rings (SSSR count). The fraction of sp³-hybridized carbons (Fsp3) is 0.200. The van der Waals surface area contributed by atoms with Crippen molar-refractivity contribution >= 4 is 23.2 Å². The van der Waals surface area contributed by atoms with Crippen LogP contribution in [0.25, 0.3) is 0 Å². The van der Waals surface area contributed by atoms with Gasteiger partial charge in [-0.15, -0.1) is 0 Å². The van der Waals surface area contributed by atoms with Gasteiger partial charge in [0.1, 0.15) is 5.75 Å². The predicted octanol–water partition coefficient (Wildman–Crippen LogP) is 5.27. The molecule has 0 saturated carbocycles. The van der Waals surface area contributed by atoms with Crippen LogP contribution in [0.1, 0.15) is 34.0 Å². The summed E-state index contributed by atoms with van der Waals surface area (Å²) in [5.41, 5.74) is 5.22. The lowest BCUT2D eigenvalue weighted by Gasteiger charge is -2.16. The number of aryl methyl sites for hydroxylation is 3. The van der Waals surface area contributed by atoms with Crippen molar-refractivity contribution in [3.05, 3.63) is 89.0 Å². The number of anilines is 2. The minimum absolute atomic E-state index is 0.203. The summed E-state index contributed by atoms with van der Waals surface area (Å²) in [5.74, 6) is 0.0847. The molecule has 0 aromatic heterocycles. The van der Waals surface area contributed by atoms with E-state index in [2.05, 4.69) is 10.6 Å². The third kappa shape index (κ3) is 5.47. The van der Waals surface area contributed by atoms with Crippen molar-refractivity contribution in [2.45, 2.75) is 33.8 Å². The highest BCUT2D eigenvalue weighted by molar-refractivity contribution is 6.04. The van der Waals surface area contributed by atoms with Gasteiger partial charge in [0.25, 0.3) is 11.8 Å². The molecule has 2 N–H and O–H groups in total. The maximum atomic E-state index is 12.5. The maximum Gasteiger partial charge on any atom is 0.265 e. The van der Waals surface area contributed by atoms with Gasteiger partial charge in [-0.2, -0.15) is 0 Å². The molecule has 3 aromatic carbocycles. The summed E-state index contributed by atoms with van der Waals surface area (Å²) in [4.78, 5) is 24.9. The second-order valence-electron chi connectivity index (χ2n) is 7.41. The first-order valence-corrected chi connectivity index (χ1v) is 9.84. The van der Waals surface area contributed by atoms with Gasteiger partial charge in [-0.25, -0.2) is 0 Å². The highest BCUT2D eigenvalue weighted by Gasteiger charge is 2.16. The number of carbonyl (C=O) groups excluding carboxylic acids is 2. The van der Waals surface area contributed by atoms with Crippen molar-refractivity contribution in [3.8, 4) is 5.75 Å². The smallest absolute Gasteiger partial charge is 0.265 e. The molecule has 5 nitrogen and oxygen atoms in total. The molecule has 0 bridgehead atoms. The number of carbonyl (C=O) groups is 2. The molecular weight excluding hydrogens is 376 g/mol. The Labute approximate surface area is 177 Å². The van der Waals surface area contributed by atoms with Crippen LogP contribution in [0.15, 0.2) is 66.7 Å². The fourth-order valence-corrected chi connectivity index (χ4v) is 2.89. The van der Waals surface area contributed by atoms with Crippen LogP contribution in [0.3, 0.4) is 0 Å². The largest absolute Gasteiger partial charge is 0.481 e. The van der Waals surface area contributed by atoms with Crippen LogP contribution in [-0.4, -0.2) is 17.9 Å². The molecule has 0 aliphatic heterocycles. The second kappa shape index (κ2) is 9.27. The molecule has 0 heterocycles. The fourth-order valence-electron chi connectivity index (χ4n) is 2.89. The normalized spacial score (nSPS) is 11.5. The number of ether oxygens (including phenoxy) is 1. The Bertz CT molecular complexity index is 1040. The molecule has 0 saturated heterocycles. The van der Waals surface area contributed by atoms with E-state index in [1.807, 2.05) is 63.2 Å². The van der Waals surface area contributed by atoms with Crippen LogP contribution in [0.5, 0.6) is 5.75 Å². The monoisotopic (exact) mass is 402 g/mol. The van der Waals surface area contributed by atoms with E-state index in [9.17, 15) is 9.59 Å². The molecular formula is C25H26N2O3. The molecule has 0 radical (unpaired) electrons. The lowest BCUT2D eigenvalue weighted by atomic mass is 10.1. The molecule has 0 aliphatic carbocycles. The SMILES string of the molecule is Cc1ccc(NC(=O)c2ccc(O[C@@H](C)C(=O)Nc3cc(C)ccc3C)cc2)cc1. The van der Waals surface area contributed by atoms with Crippen LogP contribution >= 0.6 is 0 Å². The Morgan fingerprint density at radius 3 is 2.10 bits per heavy atom. The van der Waals surface area contributed by atoms with E-state index >= 15 is 0 Å². The average Bonchev–Trinajstić information content (AvgIpc) is 2.72. The predicted molar refractivity (Wildman–Crippen MR) is 120 cm³/mol. The van der Waals surface area contributed by atoms with E-state index in [-0.39, 0.29) is 11.8 Å². The van der Waals surface area contributed by atoms with Gasteiger partial charge >= 0.3 is 0 Å². The highest BCUT2D eigenvalue weighted by Crippen LogP contribution is 2.19. The second-order valence-corrected chi connectivity index (χ2v) is 7.41. The standard InChI is InChI=1S/C25H26N2O3/c1-16-6-11-21(12-7-16)26-25(29)20-9-13-22(14-10-20)30-19(4)24(28)27-23-15-17(2)5-8-18(23)3/h5-15,19H,1-4H3,(H,26,29)(H,27,28)/t19-/m0/s1. The van der Waals surface area contributed by atoms with E-state index in [4.69, 9.17) is 4.74 Å². The van der Waals surface area contributed by atoms with E-state index in [0.29, 0.717) is 11.3 Å². The summed E-state index contributed by atoms with van der Waals surface area (Å²) in [6.07, 6.45) is -0.683. The third-order valence-corrected chi connectivity index (χ3v) is 4.76. The van der Waals surface area contributed by atoms with Crippen LogP contribution in [0.4, 0.5) is 11.4 Å². The molecule has 2 amide bonds. The molecule has 0 fully saturated rings. The van der Waals surface area contributed by atoms with Gasteiger partial charge in [0.2, 0.25) is 0 Å². The molecule has 5 heteroatoms. The first kappa shape index (κ1) is 21.1. The molecule has 0 unspecified atom stereocenters. The van der Waals surface area contributed by atoms with E-state index in [1.165, 1.54) is 0 Å². The number of amides is 2. The summed E-state index contributed by atoms with van der Waals surface area (Å²) >= 11 is 0. The minimum Gasteiger partial charge on any atom is -0.481 e. The lowest BCUT2D eigenvalue weighted by Crippen LogP contribution is -2.30. The van der Waals surface area contributed by atoms with Crippen molar-refractivity contribution in [2.75, 3.05) is 10.6 Å². The Hall–Kier alpha value is -3.60. The molecule has 0 spiro atoms. The van der Waals surface area contributed by atoms with Crippen LogP contribution < -0.4 is 15.4 Å². The summed E-state index contributed by atoms with van der Waals surface area (Å²) in [6.45, 7) is 7.61. The number of hydrogen-bond donors (Lipinski definition) is 2. The molecule has 1 atom stereocenters. The van der Waals surface area contributed by atoms with Gasteiger partial charge in [-0.05, 0) is 81.3 Å². The molecule has 154 valence electrons. The van der Waals surface area contributed by atoms with Crippen molar-refractivity contribution in [3.63, 3.8) is 0 Å². The van der Waals surface area contributed by atoms with E-state index < -0.39 is 6.10 Å². The summed E-state index contributed by atoms with van der Waals surface area (Å²) in [7, 11) is 0. The quantitative estimate of drug-likeness (QED) is 0.590. The third-order valence-electron chi connectivity index (χ3n) is 4.76. The van der Waals surface area contributed by atoms with Gasteiger partial charge in [0.15, 0.2) is 6.10 Å². The van der Waals surface area contributed by atoms with Crippen molar-refractivity contribution < 1.29 is 14.3 Å². The van der Waals surface area contributed by atoms with Gasteiger partial charge in [-0.1, -0.05) is 29.8 Å². The summed E-state index contributed by atoms with van der Waals surface area (Å²) in [6, 6.07) is 20.2. The van der Waals surface area contributed by atoms with Crippen molar-refractivity contribution in [2.24, 2.45) is 0 Å². The van der Waals surface area contributed by atoms with Gasteiger partial charge < -0.3 is 15.4 Å². The summed E-state index contributed by atoms with van der Waals surface area (Å²) in [5, 5.41) is 5.76. The Kier molecular flexibility index (Phi) is 6.52. The Morgan fingerprint density at radius 1 is 0.800 bits per heavy atom. The first-order valence-electron chi connectivity index (χ1n) is 9.84. The van der Waals surface area contributed by atoms with Gasteiger partial charge in [0, 0.05) is 16.9 Å². The number of rotatable bonds is 6. The topological polar surface area (TPSA) is 67.4 Å². The zero-order valence-electron chi connectivity index (χ0n) is 17.7. The minimum atomic E-state index is -0.683. The number of hydrogen-bond acceptors (Lipinski definition) is 3. The molecule has 0 aliphatic rings. The highest BCUT2D eigenvalue weighted by atomic mass is 16.5. The van der Waals surface area contributed by atoms with Crippen molar-refractivity contribution in [1.29, 1.82) is 0 Å². The average molecular weight is 402 g/mol. The van der Waals surface area contributed by atoms with Crippen LogP contribution in [0.2, 0.25) is 0 Å². The molecule has 30 heavy (non-hydrogen) atoms. The van der Waals surface area contributed by atoms with Crippen LogP contribution in [-0.2, 0) is 4.79 Å². The first-order chi connectivity index (χ1) is 14.3.